The average Bonchev–Trinajstić information content (AvgIpc) is 3.02. The van der Waals surface area contributed by atoms with Crippen LogP contribution >= 0.6 is 23.4 Å². The van der Waals surface area contributed by atoms with E-state index in [9.17, 15) is 4.79 Å². The molecular weight excluding hydrogens is 428 g/mol. The number of hydrogen-bond donors (Lipinski definition) is 1. The van der Waals surface area contributed by atoms with Crippen molar-refractivity contribution in [1.82, 2.24) is 20.1 Å². The highest BCUT2D eigenvalue weighted by Gasteiger charge is 2.19. The van der Waals surface area contributed by atoms with Crippen molar-refractivity contribution in [2.75, 3.05) is 5.75 Å². The number of carbonyl (C=O) groups is 1. The standard InChI is InChI=1S/C24H27ClN4OS/c1-17-7-6-8-18(15-17)23-27-28-24(29(23)21-13-11-19(25)12-14-21)31-16-22(30)26-20-9-4-2-3-5-10-20/h6-8,11-15,20H,2-5,9-10,16H2,1H3,(H,26,30). The Labute approximate surface area is 192 Å². The van der Waals surface area contributed by atoms with Crippen LogP contribution in [0.5, 0.6) is 0 Å². The van der Waals surface area contributed by atoms with Gasteiger partial charge in [-0.15, -0.1) is 10.2 Å². The van der Waals surface area contributed by atoms with Gasteiger partial charge in [0.05, 0.1) is 5.75 Å². The Morgan fingerprint density at radius 1 is 1.10 bits per heavy atom. The molecule has 3 aromatic rings. The number of rotatable bonds is 6. The monoisotopic (exact) mass is 454 g/mol. The fourth-order valence-electron chi connectivity index (χ4n) is 3.98. The van der Waals surface area contributed by atoms with Crippen LogP contribution in [-0.2, 0) is 4.79 Å². The summed E-state index contributed by atoms with van der Waals surface area (Å²) < 4.78 is 1.99. The van der Waals surface area contributed by atoms with Crippen molar-refractivity contribution in [3.63, 3.8) is 0 Å². The van der Waals surface area contributed by atoms with Crippen LogP contribution in [0.4, 0.5) is 0 Å². The summed E-state index contributed by atoms with van der Waals surface area (Å²) in [4.78, 5) is 12.6. The molecule has 162 valence electrons. The van der Waals surface area contributed by atoms with Crippen molar-refractivity contribution in [3.05, 3.63) is 59.1 Å². The summed E-state index contributed by atoms with van der Waals surface area (Å²) in [6, 6.07) is 16.1. The molecular formula is C24H27ClN4OS. The van der Waals surface area contributed by atoms with Gasteiger partial charge < -0.3 is 5.32 Å². The number of hydrogen-bond acceptors (Lipinski definition) is 4. The Morgan fingerprint density at radius 3 is 2.55 bits per heavy atom. The van der Waals surface area contributed by atoms with E-state index in [0.29, 0.717) is 22.0 Å². The van der Waals surface area contributed by atoms with Gasteiger partial charge in [0.2, 0.25) is 5.91 Å². The molecule has 1 saturated carbocycles. The lowest BCUT2D eigenvalue weighted by Gasteiger charge is -2.16. The first kappa shape index (κ1) is 21.9. The van der Waals surface area contributed by atoms with Crippen LogP contribution in [0.3, 0.4) is 0 Å². The van der Waals surface area contributed by atoms with Crippen LogP contribution in [0.2, 0.25) is 5.02 Å². The summed E-state index contributed by atoms with van der Waals surface area (Å²) in [5.74, 6) is 1.12. The minimum atomic E-state index is 0.0552. The summed E-state index contributed by atoms with van der Waals surface area (Å²) in [5, 5.41) is 13.4. The Kier molecular flexibility index (Phi) is 7.30. The Bertz CT molecular complexity index is 1030. The molecule has 0 atom stereocenters. The van der Waals surface area contributed by atoms with Gasteiger partial charge >= 0.3 is 0 Å². The number of aryl methyl sites for hydroxylation is 1. The van der Waals surface area contributed by atoms with Crippen molar-refractivity contribution in [1.29, 1.82) is 0 Å². The minimum absolute atomic E-state index is 0.0552. The first-order valence-corrected chi connectivity index (χ1v) is 12.2. The third kappa shape index (κ3) is 5.69. The van der Waals surface area contributed by atoms with E-state index in [1.807, 2.05) is 41.0 Å². The number of nitrogens with one attached hydrogen (secondary N) is 1. The van der Waals surface area contributed by atoms with Crippen molar-refractivity contribution in [2.45, 2.75) is 56.6 Å². The normalized spacial score (nSPS) is 14.9. The van der Waals surface area contributed by atoms with Crippen molar-refractivity contribution >= 4 is 29.3 Å². The molecule has 1 aliphatic carbocycles. The van der Waals surface area contributed by atoms with E-state index >= 15 is 0 Å². The van der Waals surface area contributed by atoms with Gasteiger partial charge in [-0.25, -0.2) is 0 Å². The fraction of sp³-hybridized carbons (Fsp3) is 0.375. The second kappa shape index (κ2) is 10.3. The minimum Gasteiger partial charge on any atom is -0.353 e. The lowest BCUT2D eigenvalue weighted by atomic mass is 10.1. The smallest absolute Gasteiger partial charge is 0.230 e. The maximum absolute atomic E-state index is 12.6. The first-order chi connectivity index (χ1) is 15.1. The quantitative estimate of drug-likeness (QED) is 0.376. The number of nitrogens with zero attached hydrogens (tertiary/aromatic N) is 3. The SMILES string of the molecule is Cc1cccc(-c2nnc(SCC(=O)NC3CCCCCC3)n2-c2ccc(Cl)cc2)c1. The molecule has 1 amide bonds. The number of carbonyl (C=O) groups excluding carboxylic acids is 1. The number of benzene rings is 2. The predicted octanol–water partition coefficient (Wildman–Crippen LogP) is 5.83. The van der Waals surface area contributed by atoms with Gasteiger partial charge in [-0.05, 0) is 50.1 Å². The van der Waals surface area contributed by atoms with E-state index in [2.05, 4.69) is 34.6 Å². The molecule has 4 rings (SSSR count). The van der Waals surface area contributed by atoms with Crippen LogP contribution in [0.25, 0.3) is 17.1 Å². The maximum atomic E-state index is 12.6. The molecule has 7 heteroatoms. The molecule has 5 nitrogen and oxygen atoms in total. The zero-order chi connectivity index (χ0) is 21.6. The Morgan fingerprint density at radius 2 is 1.84 bits per heavy atom. The van der Waals surface area contributed by atoms with E-state index < -0.39 is 0 Å². The van der Waals surface area contributed by atoms with Gasteiger partial charge in [0.15, 0.2) is 11.0 Å². The van der Waals surface area contributed by atoms with Gasteiger partial charge in [-0.3, -0.25) is 9.36 Å². The zero-order valence-corrected chi connectivity index (χ0v) is 19.3. The molecule has 1 fully saturated rings. The summed E-state index contributed by atoms with van der Waals surface area (Å²) in [6.45, 7) is 2.06. The molecule has 0 unspecified atom stereocenters. The molecule has 1 aromatic heterocycles. The number of halogens is 1. The number of amides is 1. The molecule has 0 radical (unpaired) electrons. The summed E-state index contributed by atoms with van der Waals surface area (Å²) in [7, 11) is 0. The molecule has 31 heavy (non-hydrogen) atoms. The van der Waals surface area contributed by atoms with Gasteiger partial charge in [0.1, 0.15) is 0 Å². The van der Waals surface area contributed by atoms with Crippen molar-refractivity contribution < 1.29 is 4.79 Å². The highest BCUT2D eigenvalue weighted by atomic mass is 35.5. The van der Waals surface area contributed by atoms with E-state index in [1.165, 1.54) is 37.4 Å². The van der Waals surface area contributed by atoms with Crippen molar-refractivity contribution in [3.8, 4) is 17.1 Å². The van der Waals surface area contributed by atoms with Crippen LogP contribution in [-0.4, -0.2) is 32.5 Å². The van der Waals surface area contributed by atoms with Crippen LogP contribution in [0.1, 0.15) is 44.1 Å². The maximum Gasteiger partial charge on any atom is 0.230 e. The third-order valence-electron chi connectivity index (χ3n) is 5.55. The molecule has 0 spiro atoms. The predicted molar refractivity (Wildman–Crippen MR) is 127 cm³/mol. The molecule has 0 aliphatic heterocycles. The van der Waals surface area contributed by atoms with Gasteiger partial charge in [-0.1, -0.05) is 72.8 Å². The van der Waals surface area contributed by atoms with Gasteiger partial charge in [0, 0.05) is 22.3 Å². The Hall–Kier alpha value is -2.31. The molecule has 1 N–H and O–H groups in total. The fourth-order valence-corrected chi connectivity index (χ4v) is 4.87. The second-order valence-corrected chi connectivity index (χ2v) is 9.41. The average molecular weight is 455 g/mol. The van der Waals surface area contributed by atoms with Crippen LogP contribution in [0.15, 0.2) is 53.7 Å². The zero-order valence-electron chi connectivity index (χ0n) is 17.7. The lowest BCUT2D eigenvalue weighted by molar-refractivity contribution is -0.119. The molecule has 2 aromatic carbocycles. The van der Waals surface area contributed by atoms with Crippen LogP contribution < -0.4 is 5.32 Å². The lowest BCUT2D eigenvalue weighted by Crippen LogP contribution is -2.35. The highest BCUT2D eigenvalue weighted by Crippen LogP contribution is 2.29. The molecule has 1 aliphatic rings. The molecule has 1 heterocycles. The summed E-state index contributed by atoms with van der Waals surface area (Å²) in [6.07, 6.45) is 7.09. The Balaban J connectivity index is 1.55. The largest absolute Gasteiger partial charge is 0.353 e. The number of thioether (sulfide) groups is 1. The van der Waals surface area contributed by atoms with Crippen molar-refractivity contribution in [2.24, 2.45) is 0 Å². The first-order valence-electron chi connectivity index (χ1n) is 10.8. The third-order valence-corrected chi connectivity index (χ3v) is 6.73. The topological polar surface area (TPSA) is 59.8 Å². The van der Waals surface area contributed by atoms with E-state index in [1.54, 1.807) is 0 Å². The van der Waals surface area contributed by atoms with Gasteiger partial charge in [-0.2, -0.15) is 0 Å². The number of aromatic nitrogens is 3. The summed E-state index contributed by atoms with van der Waals surface area (Å²) in [5.41, 5.74) is 3.05. The highest BCUT2D eigenvalue weighted by molar-refractivity contribution is 7.99. The van der Waals surface area contributed by atoms with Crippen LogP contribution in [0, 0.1) is 6.92 Å². The molecule has 0 bridgehead atoms. The second-order valence-electron chi connectivity index (χ2n) is 8.03. The van der Waals surface area contributed by atoms with Gasteiger partial charge in [0.25, 0.3) is 0 Å². The van der Waals surface area contributed by atoms with E-state index in [-0.39, 0.29) is 5.91 Å². The molecule has 0 saturated heterocycles. The van der Waals surface area contributed by atoms with E-state index in [4.69, 9.17) is 11.6 Å². The summed E-state index contributed by atoms with van der Waals surface area (Å²) >= 11 is 7.51. The van der Waals surface area contributed by atoms with E-state index in [0.717, 1.165) is 35.5 Å².